The molecule has 0 radical (unpaired) electrons. The molecule has 1 saturated carbocycles. The van der Waals surface area contributed by atoms with Gasteiger partial charge in [-0.1, -0.05) is 25.7 Å². The fraction of sp³-hybridized carbons (Fsp3) is 0.923. The van der Waals surface area contributed by atoms with Gasteiger partial charge in [-0.15, -0.1) is 0 Å². The van der Waals surface area contributed by atoms with Crippen molar-refractivity contribution < 1.29 is 4.79 Å². The van der Waals surface area contributed by atoms with E-state index in [0.29, 0.717) is 0 Å². The molecule has 3 nitrogen and oxygen atoms in total. The number of hydrogen-bond acceptors (Lipinski definition) is 2. The zero-order valence-electron chi connectivity index (χ0n) is 10.2. The van der Waals surface area contributed by atoms with Gasteiger partial charge in [0.25, 0.3) is 0 Å². The first kappa shape index (κ1) is 11.9. The average Bonchev–Trinajstić information content (AvgIpc) is 2.77. The average molecular weight is 224 g/mol. The normalized spacial score (nSPS) is 27.7. The molecule has 0 bridgehead atoms. The van der Waals surface area contributed by atoms with Crippen LogP contribution in [0, 0.1) is 5.92 Å². The van der Waals surface area contributed by atoms with Gasteiger partial charge >= 0.3 is 0 Å². The largest absolute Gasteiger partial charge is 0.341 e. The van der Waals surface area contributed by atoms with Crippen molar-refractivity contribution in [2.75, 3.05) is 13.1 Å². The van der Waals surface area contributed by atoms with E-state index in [1.165, 1.54) is 38.5 Å². The summed E-state index contributed by atoms with van der Waals surface area (Å²) in [6, 6.07) is -0.222. The molecule has 1 saturated heterocycles. The molecule has 0 aromatic carbocycles. The van der Waals surface area contributed by atoms with Crippen molar-refractivity contribution in [3.8, 4) is 0 Å². The van der Waals surface area contributed by atoms with Gasteiger partial charge in [0.15, 0.2) is 0 Å². The Morgan fingerprint density at radius 1 is 1.19 bits per heavy atom. The van der Waals surface area contributed by atoms with E-state index >= 15 is 0 Å². The second-order valence-electron chi connectivity index (χ2n) is 5.37. The Bertz CT molecular complexity index is 236. The van der Waals surface area contributed by atoms with Crippen molar-refractivity contribution in [1.29, 1.82) is 0 Å². The Morgan fingerprint density at radius 2 is 1.94 bits per heavy atom. The van der Waals surface area contributed by atoms with Crippen LogP contribution in [0.15, 0.2) is 0 Å². The van der Waals surface area contributed by atoms with Crippen molar-refractivity contribution in [3.05, 3.63) is 0 Å². The summed E-state index contributed by atoms with van der Waals surface area (Å²) >= 11 is 0. The van der Waals surface area contributed by atoms with E-state index in [1.54, 1.807) is 0 Å². The Morgan fingerprint density at radius 3 is 2.69 bits per heavy atom. The molecular weight excluding hydrogens is 200 g/mol. The predicted octanol–water partition coefficient (Wildman–Crippen LogP) is 1.91. The second-order valence-corrected chi connectivity index (χ2v) is 5.37. The lowest BCUT2D eigenvalue weighted by molar-refractivity contribution is -0.135. The Kier molecular flexibility index (Phi) is 4.22. The van der Waals surface area contributed by atoms with E-state index in [2.05, 4.69) is 0 Å². The van der Waals surface area contributed by atoms with E-state index in [0.717, 1.165) is 31.8 Å². The first-order chi connectivity index (χ1) is 7.77. The molecule has 92 valence electrons. The highest BCUT2D eigenvalue weighted by molar-refractivity contribution is 5.82. The topological polar surface area (TPSA) is 46.3 Å². The van der Waals surface area contributed by atoms with Crippen LogP contribution in [-0.4, -0.2) is 29.9 Å². The zero-order valence-corrected chi connectivity index (χ0v) is 10.2. The number of hydrogen-bond donors (Lipinski definition) is 1. The lowest BCUT2D eigenvalue weighted by Crippen LogP contribution is -2.48. The third kappa shape index (κ3) is 2.97. The van der Waals surface area contributed by atoms with Crippen molar-refractivity contribution in [2.45, 2.75) is 57.4 Å². The van der Waals surface area contributed by atoms with Crippen LogP contribution in [0.4, 0.5) is 0 Å². The molecule has 2 aliphatic rings. The molecule has 0 spiro atoms. The number of likely N-dealkylation sites (tertiary alicyclic amines) is 1. The number of nitrogens with two attached hydrogens (primary N) is 1. The lowest BCUT2D eigenvalue weighted by atomic mass is 10.0. The first-order valence-electron chi connectivity index (χ1n) is 6.82. The standard InChI is InChI=1S/C13H24N2O/c14-12-8-4-10-15(13(12)16)9-3-7-11-5-1-2-6-11/h11-12H,1-10,14H2. The van der Waals surface area contributed by atoms with E-state index in [9.17, 15) is 4.79 Å². The molecule has 3 heteroatoms. The van der Waals surface area contributed by atoms with Gasteiger partial charge in [0, 0.05) is 13.1 Å². The summed E-state index contributed by atoms with van der Waals surface area (Å²) < 4.78 is 0. The minimum Gasteiger partial charge on any atom is -0.341 e. The molecule has 0 aromatic rings. The van der Waals surface area contributed by atoms with Gasteiger partial charge in [0.05, 0.1) is 6.04 Å². The molecule has 1 heterocycles. The minimum absolute atomic E-state index is 0.178. The van der Waals surface area contributed by atoms with Gasteiger partial charge in [-0.3, -0.25) is 4.79 Å². The number of piperidine rings is 1. The van der Waals surface area contributed by atoms with Crippen LogP contribution < -0.4 is 5.73 Å². The van der Waals surface area contributed by atoms with Crippen LogP contribution >= 0.6 is 0 Å². The number of amides is 1. The van der Waals surface area contributed by atoms with Gasteiger partial charge in [-0.25, -0.2) is 0 Å². The second kappa shape index (κ2) is 5.67. The summed E-state index contributed by atoms with van der Waals surface area (Å²) in [5.41, 5.74) is 5.77. The van der Waals surface area contributed by atoms with Crippen LogP contribution in [0.2, 0.25) is 0 Å². The number of nitrogens with zero attached hydrogens (tertiary/aromatic N) is 1. The highest BCUT2D eigenvalue weighted by Crippen LogP contribution is 2.28. The summed E-state index contributed by atoms with van der Waals surface area (Å²) in [6.07, 6.45) is 10.1. The van der Waals surface area contributed by atoms with Gasteiger partial charge < -0.3 is 10.6 Å². The fourth-order valence-corrected chi connectivity index (χ4v) is 3.06. The van der Waals surface area contributed by atoms with E-state index in [1.807, 2.05) is 4.90 Å². The summed E-state index contributed by atoms with van der Waals surface area (Å²) in [5, 5.41) is 0. The smallest absolute Gasteiger partial charge is 0.239 e. The van der Waals surface area contributed by atoms with Crippen LogP contribution in [0.1, 0.15) is 51.4 Å². The quantitative estimate of drug-likeness (QED) is 0.793. The van der Waals surface area contributed by atoms with Crippen molar-refractivity contribution in [1.82, 2.24) is 4.90 Å². The molecule has 2 fully saturated rings. The number of carbonyl (C=O) groups excluding carboxylic acids is 1. The highest BCUT2D eigenvalue weighted by atomic mass is 16.2. The monoisotopic (exact) mass is 224 g/mol. The van der Waals surface area contributed by atoms with E-state index in [-0.39, 0.29) is 11.9 Å². The maximum absolute atomic E-state index is 11.8. The molecule has 2 rings (SSSR count). The molecule has 2 N–H and O–H groups in total. The minimum atomic E-state index is -0.222. The summed E-state index contributed by atoms with van der Waals surface area (Å²) in [5.74, 6) is 1.12. The molecule has 1 aliphatic heterocycles. The maximum atomic E-state index is 11.8. The van der Waals surface area contributed by atoms with Crippen LogP contribution in [-0.2, 0) is 4.79 Å². The zero-order chi connectivity index (χ0) is 11.4. The molecular formula is C13H24N2O. The Labute approximate surface area is 98.4 Å². The molecule has 1 unspecified atom stereocenters. The fourth-order valence-electron chi connectivity index (χ4n) is 3.06. The van der Waals surface area contributed by atoms with E-state index < -0.39 is 0 Å². The summed E-state index contributed by atoms with van der Waals surface area (Å²) in [4.78, 5) is 13.7. The van der Waals surface area contributed by atoms with Crippen LogP contribution in [0.3, 0.4) is 0 Å². The SMILES string of the molecule is NC1CCCN(CCCC2CCCC2)C1=O. The molecule has 1 atom stereocenters. The number of carbonyl (C=O) groups is 1. The van der Waals surface area contributed by atoms with Crippen molar-refractivity contribution >= 4 is 5.91 Å². The highest BCUT2D eigenvalue weighted by Gasteiger charge is 2.25. The summed E-state index contributed by atoms with van der Waals surface area (Å²) in [6.45, 7) is 1.86. The van der Waals surface area contributed by atoms with Crippen LogP contribution in [0.25, 0.3) is 0 Å². The third-order valence-corrected chi connectivity index (χ3v) is 4.09. The Balaban J connectivity index is 1.66. The van der Waals surface area contributed by atoms with Crippen molar-refractivity contribution in [3.63, 3.8) is 0 Å². The van der Waals surface area contributed by atoms with Gasteiger partial charge in [0.2, 0.25) is 5.91 Å². The lowest BCUT2D eigenvalue weighted by Gasteiger charge is -2.30. The predicted molar refractivity (Wildman–Crippen MR) is 65.0 cm³/mol. The third-order valence-electron chi connectivity index (χ3n) is 4.09. The molecule has 1 amide bonds. The molecule has 1 aliphatic carbocycles. The van der Waals surface area contributed by atoms with Gasteiger partial charge in [-0.2, -0.15) is 0 Å². The molecule has 16 heavy (non-hydrogen) atoms. The maximum Gasteiger partial charge on any atom is 0.239 e. The van der Waals surface area contributed by atoms with Crippen LogP contribution in [0.5, 0.6) is 0 Å². The Hall–Kier alpha value is -0.570. The first-order valence-corrected chi connectivity index (χ1v) is 6.82. The van der Waals surface area contributed by atoms with Gasteiger partial charge in [0.1, 0.15) is 0 Å². The van der Waals surface area contributed by atoms with E-state index in [4.69, 9.17) is 5.73 Å². The van der Waals surface area contributed by atoms with Gasteiger partial charge in [-0.05, 0) is 31.6 Å². The number of rotatable bonds is 4. The molecule has 0 aromatic heterocycles. The van der Waals surface area contributed by atoms with Crippen molar-refractivity contribution in [2.24, 2.45) is 11.7 Å². The summed E-state index contributed by atoms with van der Waals surface area (Å²) in [7, 11) is 0.